The Hall–Kier alpha value is -1.91. The number of nitrogens with zero attached hydrogens (tertiary/aromatic N) is 3. The maximum Gasteiger partial charge on any atom is 0.213 e. The van der Waals surface area contributed by atoms with Crippen LogP contribution in [0.15, 0.2) is 53.7 Å². The lowest BCUT2D eigenvalue weighted by atomic mass is 10.1. The number of hydrogen-bond donors (Lipinski definition) is 1. The van der Waals surface area contributed by atoms with Crippen molar-refractivity contribution in [3.8, 4) is 5.88 Å². The summed E-state index contributed by atoms with van der Waals surface area (Å²) >= 11 is 0. The van der Waals surface area contributed by atoms with Crippen molar-refractivity contribution in [2.24, 2.45) is 4.99 Å². The van der Waals surface area contributed by atoms with E-state index in [2.05, 4.69) is 20.2 Å². The van der Waals surface area contributed by atoms with Gasteiger partial charge in [-0.05, 0) is 36.5 Å². The fourth-order valence-electron chi connectivity index (χ4n) is 3.57. The molecule has 8 heteroatoms. The van der Waals surface area contributed by atoms with Gasteiger partial charge in [-0.3, -0.25) is 4.99 Å². The zero-order valence-electron chi connectivity index (χ0n) is 19.0. The number of aromatic nitrogens is 1. The minimum Gasteiger partial charge on any atom is -0.473 e. The molecule has 0 aliphatic carbocycles. The smallest absolute Gasteiger partial charge is 0.213 e. The van der Waals surface area contributed by atoms with Gasteiger partial charge in [-0.1, -0.05) is 30.3 Å². The number of rotatable bonds is 10. The van der Waals surface area contributed by atoms with Crippen molar-refractivity contribution in [2.75, 3.05) is 40.5 Å². The Morgan fingerprint density at radius 2 is 1.91 bits per heavy atom. The summed E-state index contributed by atoms with van der Waals surface area (Å²) in [5.41, 5.74) is 2.23. The van der Waals surface area contributed by atoms with Gasteiger partial charge in [-0.25, -0.2) is 4.98 Å². The summed E-state index contributed by atoms with van der Waals surface area (Å²) in [6.07, 6.45) is 5.09. The number of ether oxygens (including phenoxy) is 3. The molecule has 176 valence electrons. The number of methoxy groups -OCH3 is 1. The summed E-state index contributed by atoms with van der Waals surface area (Å²) in [6.45, 7) is 4.58. The van der Waals surface area contributed by atoms with Gasteiger partial charge in [0.25, 0.3) is 0 Å². The van der Waals surface area contributed by atoms with Gasteiger partial charge in [0.2, 0.25) is 5.88 Å². The van der Waals surface area contributed by atoms with Crippen molar-refractivity contribution in [1.82, 2.24) is 15.2 Å². The van der Waals surface area contributed by atoms with E-state index in [9.17, 15) is 0 Å². The Morgan fingerprint density at radius 3 is 2.62 bits per heavy atom. The van der Waals surface area contributed by atoms with Crippen molar-refractivity contribution in [3.05, 3.63) is 59.8 Å². The second kappa shape index (κ2) is 15.0. The van der Waals surface area contributed by atoms with Crippen molar-refractivity contribution >= 4 is 29.9 Å². The van der Waals surface area contributed by atoms with Crippen molar-refractivity contribution in [2.45, 2.75) is 38.5 Å². The normalized spacial score (nSPS) is 14.7. The third-order valence-corrected chi connectivity index (χ3v) is 5.28. The van der Waals surface area contributed by atoms with Gasteiger partial charge in [0.05, 0.1) is 6.10 Å². The highest BCUT2D eigenvalue weighted by molar-refractivity contribution is 14.0. The molecular weight excluding hydrogens is 519 g/mol. The van der Waals surface area contributed by atoms with Gasteiger partial charge >= 0.3 is 0 Å². The number of benzene rings is 1. The molecule has 32 heavy (non-hydrogen) atoms. The molecule has 2 heterocycles. The molecule has 0 atom stereocenters. The molecular formula is C24H35IN4O3. The van der Waals surface area contributed by atoms with Crippen LogP contribution in [0.5, 0.6) is 5.88 Å². The molecule has 1 aromatic carbocycles. The molecule has 7 nitrogen and oxygen atoms in total. The lowest BCUT2D eigenvalue weighted by Crippen LogP contribution is -2.46. The van der Waals surface area contributed by atoms with Crippen LogP contribution in [-0.4, -0.2) is 62.4 Å². The SMILES string of the molecule is CN=C(NCc1ccnc(OCc2ccccc2)c1)N1CCC(OCCCOC)CC1.I. The van der Waals surface area contributed by atoms with Crippen LogP contribution in [0, 0.1) is 0 Å². The Kier molecular flexibility index (Phi) is 12.4. The van der Waals surface area contributed by atoms with Crippen LogP contribution in [0.25, 0.3) is 0 Å². The standard InChI is InChI=1S/C24H34N4O3.HI/c1-25-24(28-13-10-22(11-14-28)30-16-6-15-29-2)27-18-21-9-12-26-23(17-21)31-19-20-7-4-3-5-8-20;/h3-5,7-9,12,17,22H,6,10-11,13-16,18-19H2,1-2H3,(H,25,27);1H. The van der Waals surface area contributed by atoms with E-state index in [0.29, 0.717) is 25.1 Å². The first-order valence-corrected chi connectivity index (χ1v) is 11.0. The molecule has 0 amide bonds. The molecule has 0 spiro atoms. The molecule has 1 N–H and O–H groups in total. The predicted molar refractivity (Wildman–Crippen MR) is 138 cm³/mol. The van der Waals surface area contributed by atoms with Gasteiger partial charge in [0, 0.05) is 59.3 Å². The van der Waals surface area contributed by atoms with E-state index in [4.69, 9.17) is 14.2 Å². The van der Waals surface area contributed by atoms with Crippen LogP contribution in [0.3, 0.4) is 0 Å². The molecule has 0 saturated carbocycles. The average Bonchev–Trinajstić information content (AvgIpc) is 2.83. The van der Waals surface area contributed by atoms with E-state index in [-0.39, 0.29) is 24.0 Å². The van der Waals surface area contributed by atoms with Gasteiger partial charge in [0.1, 0.15) is 6.61 Å². The quantitative estimate of drug-likeness (QED) is 0.208. The summed E-state index contributed by atoms with van der Waals surface area (Å²) in [7, 11) is 3.55. The van der Waals surface area contributed by atoms with E-state index in [0.717, 1.165) is 62.7 Å². The molecule has 1 aliphatic heterocycles. The van der Waals surface area contributed by atoms with E-state index in [1.54, 1.807) is 13.3 Å². The summed E-state index contributed by atoms with van der Waals surface area (Å²) in [6, 6.07) is 14.1. The van der Waals surface area contributed by atoms with E-state index >= 15 is 0 Å². The lowest BCUT2D eigenvalue weighted by Gasteiger charge is -2.34. The molecule has 1 saturated heterocycles. The number of aliphatic imine (C=N–C) groups is 1. The maximum absolute atomic E-state index is 5.96. The molecule has 0 radical (unpaired) electrons. The zero-order chi connectivity index (χ0) is 21.7. The fourth-order valence-corrected chi connectivity index (χ4v) is 3.57. The van der Waals surface area contributed by atoms with Crippen LogP contribution in [0.1, 0.15) is 30.4 Å². The molecule has 2 aromatic rings. The zero-order valence-corrected chi connectivity index (χ0v) is 21.4. The first kappa shape index (κ1) is 26.3. The molecule has 0 unspecified atom stereocenters. The first-order chi connectivity index (χ1) is 15.3. The third kappa shape index (κ3) is 8.91. The number of pyridine rings is 1. The van der Waals surface area contributed by atoms with E-state index < -0.39 is 0 Å². The van der Waals surface area contributed by atoms with Crippen LogP contribution >= 0.6 is 24.0 Å². The second-order valence-electron chi connectivity index (χ2n) is 7.58. The fraction of sp³-hybridized carbons (Fsp3) is 0.500. The monoisotopic (exact) mass is 554 g/mol. The van der Waals surface area contributed by atoms with Gasteiger partial charge in [0.15, 0.2) is 5.96 Å². The molecule has 1 aliphatic rings. The third-order valence-electron chi connectivity index (χ3n) is 5.28. The summed E-state index contributed by atoms with van der Waals surface area (Å²) < 4.78 is 16.9. The Labute approximate surface area is 208 Å². The van der Waals surface area contributed by atoms with Crippen LogP contribution in [0.2, 0.25) is 0 Å². The van der Waals surface area contributed by atoms with Crippen LogP contribution in [0.4, 0.5) is 0 Å². The van der Waals surface area contributed by atoms with Gasteiger partial charge in [-0.2, -0.15) is 0 Å². The molecule has 0 bridgehead atoms. The van der Waals surface area contributed by atoms with Crippen molar-refractivity contribution in [1.29, 1.82) is 0 Å². The number of nitrogens with one attached hydrogen (secondary N) is 1. The highest BCUT2D eigenvalue weighted by Gasteiger charge is 2.21. The van der Waals surface area contributed by atoms with E-state index in [1.165, 1.54) is 0 Å². The lowest BCUT2D eigenvalue weighted by molar-refractivity contribution is 0.00989. The maximum atomic E-state index is 5.96. The van der Waals surface area contributed by atoms with Gasteiger partial charge < -0.3 is 24.4 Å². The molecule has 1 aromatic heterocycles. The highest BCUT2D eigenvalue weighted by Crippen LogP contribution is 2.15. The topological polar surface area (TPSA) is 68.2 Å². The number of likely N-dealkylation sites (tertiary alicyclic amines) is 1. The van der Waals surface area contributed by atoms with Crippen LogP contribution < -0.4 is 10.1 Å². The van der Waals surface area contributed by atoms with Crippen molar-refractivity contribution in [3.63, 3.8) is 0 Å². The van der Waals surface area contributed by atoms with Gasteiger partial charge in [-0.15, -0.1) is 24.0 Å². The largest absolute Gasteiger partial charge is 0.473 e. The minimum atomic E-state index is 0. The number of hydrogen-bond acceptors (Lipinski definition) is 5. The summed E-state index contributed by atoms with van der Waals surface area (Å²) in [4.78, 5) is 11.1. The number of guanidine groups is 1. The minimum absolute atomic E-state index is 0. The van der Waals surface area contributed by atoms with Crippen LogP contribution in [-0.2, 0) is 22.6 Å². The number of piperidine rings is 1. The number of halogens is 1. The Bertz CT molecular complexity index is 799. The van der Waals surface area contributed by atoms with E-state index in [1.807, 2.05) is 49.5 Å². The van der Waals surface area contributed by atoms with Crippen molar-refractivity contribution < 1.29 is 14.2 Å². The Morgan fingerprint density at radius 1 is 1.12 bits per heavy atom. The molecule has 3 rings (SSSR count). The summed E-state index contributed by atoms with van der Waals surface area (Å²) in [5.74, 6) is 1.55. The average molecular weight is 554 g/mol. The highest BCUT2D eigenvalue weighted by atomic mass is 127. The first-order valence-electron chi connectivity index (χ1n) is 11.0. The second-order valence-corrected chi connectivity index (χ2v) is 7.58. The predicted octanol–water partition coefficient (Wildman–Crippen LogP) is 3.87. The molecule has 1 fully saturated rings. The Balaban J connectivity index is 0.00000363. The summed E-state index contributed by atoms with van der Waals surface area (Å²) in [5, 5.41) is 3.47.